The van der Waals surface area contributed by atoms with E-state index < -0.39 is 10.0 Å². The predicted octanol–water partition coefficient (Wildman–Crippen LogP) is 0.768. The third-order valence-corrected chi connectivity index (χ3v) is 6.98. The molecule has 9 nitrogen and oxygen atoms in total. The molecule has 0 aliphatic carbocycles. The van der Waals surface area contributed by atoms with Crippen molar-refractivity contribution in [3.63, 3.8) is 0 Å². The van der Waals surface area contributed by atoms with Crippen LogP contribution in [-0.2, 0) is 24.2 Å². The molecule has 10 heteroatoms. The highest BCUT2D eigenvalue weighted by atomic mass is 32.2. The van der Waals surface area contributed by atoms with E-state index in [0.717, 1.165) is 45.2 Å². The van der Waals surface area contributed by atoms with Crippen LogP contribution < -0.4 is 5.32 Å². The molecule has 1 atom stereocenters. The average molecular weight is 449 g/mol. The Labute approximate surface area is 182 Å². The van der Waals surface area contributed by atoms with Gasteiger partial charge in [-0.05, 0) is 33.6 Å². The van der Waals surface area contributed by atoms with E-state index in [0.29, 0.717) is 45.2 Å². The lowest BCUT2D eigenvalue weighted by molar-refractivity contribution is 0.0892. The molecule has 0 aromatic heterocycles. The smallest absolute Gasteiger partial charge is 0.216 e. The lowest BCUT2D eigenvalue weighted by Gasteiger charge is -2.36. The van der Waals surface area contributed by atoms with Crippen LogP contribution in [0.3, 0.4) is 0 Å². The number of sulfonamides is 1. The second-order valence-corrected chi connectivity index (χ2v) is 10.1. The SMILES string of the molecule is CCNC(=NCCCOCC1CCOC1)N1CCN(S(=O)(=O)CCOC(C)C)CC1. The summed E-state index contributed by atoms with van der Waals surface area (Å²) < 4.78 is 43.1. The van der Waals surface area contributed by atoms with E-state index in [1.54, 1.807) is 4.31 Å². The fourth-order valence-corrected chi connectivity index (χ4v) is 4.72. The van der Waals surface area contributed by atoms with Crippen molar-refractivity contribution < 1.29 is 22.6 Å². The largest absolute Gasteiger partial charge is 0.381 e. The maximum Gasteiger partial charge on any atom is 0.216 e. The molecule has 1 unspecified atom stereocenters. The van der Waals surface area contributed by atoms with Crippen molar-refractivity contribution in [1.29, 1.82) is 0 Å². The molecule has 2 heterocycles. The highest BCUT2D eigenvalue weighted by molar-refractivity contribution is 7.89. The van der Waals surface area contributed by atoms with Gasteiger partial charge in [-0.15, -0.1) is 0 Å². The summed E-state index contributed by atoms with van der Waals surface area (Å²) in [4.78, 5) is 6.84. The summed E-state index contributed by atoms with van der Waals surface area (Å²) in [5.74, 6) is 1.42. The van der Waals surface area contributed by atoms with Crippen molar-refractivity contribution >= 4 is 16.0 Å². The molecule has 2 fully saturated rings. The number of rotatable bonds is 12. The third-order valence-electron chi connectivity index (χ3n) is 5.14. The fraction of sp³-hybridized carbons (Fsp3) is 0.950. The van der Waals surface area contributed by atoms with Crippen molar-refractivity contribution in [2.45, 2.75) is 39.7 Å². The molecule has 0 radical (unpaired) electrons. The zero-order valence-corrected chi connectivity index (χ0v) is 19.7. The van der Waals surface area contributed by atoms with Crippen LogP contribution in [0.1, 0.15) is 33.6 Å². The van der Waals surface area contributed by atoms with Gasteiger partial charge in [-0.3, -0.25) is 4.99 Å². The van der Waals surface area contributed by atoms with Gasteiger partial charge in [0.25, 0.3) is 0 Å². The Morgan fingerprint density at radius 2 is 2.00 bits per heavy atom. The van der Waals surface area contributed by atoms with Crippen LogP contribution in [0.2, 0.25) is 0 Å². The van der Waals surface area contributed by atoms with E-state index in [4.69, 9.17) is 19.2 Å². The summed E-state index contributed by atoms with van der Waals surface area (Å²) in [7, 11) is -3.28. The van der Waals surface area contributed by atoms with Crippen molar-refractivity contribution in [2.24, 2.45) is 10.9 Å². The van der Waals surface area contributed by atoms with Gasteiger partial charge in [0.15, 0.2) is 5.96 Å². The molecule has 0 aromatic carbocycles. The van der Waals surface area contributed by atoms with E-state index in [1.807, 2.05) is 20.8 Å². The van der Waals surface area contributed by atoms with Crippen LogP contribution in [0.25, 0.3) is 0 Å². The van der Waals surface area contributed by atoms with Gasteiger partial charge < -0.3 is 24.4 Å². The zero-order valence-electron chi connectivity index (χ0n) is 18.8. The number of ether oxygens (including phenoxy) is 3. The van der Waals surface area contributed by atoms with E-state index in [9.17, 15) is 8.42 Å². The Balaban J connectivity index is 1.71. The molecule has 0 saturated carbocycles. The summed E-state index contributed by atoms with van der Waals surface area (Å²) in [6.45, 7) is 12.9. The number of aliphatic imine (C=N–C) groups is 1. The molecule has 176 valence electrons. The summed E-state index contributed by atoms with van der Waals surface area (Å²) >= 11 is 0. The van der Waals surface area contributed by atoms with E-state index in [2.05, 4.69) is 10.2 Å². The second kappa shape index (κ2) is 13.5. The topological polar surface area (TPSA) is 92.7 Å². The zero-order chi connectivity index (χ0) is 21.8. The van der Waals surface area contributed by atoms with Gasteiger partial charge in [-0.25, -0.2) is 8.42 Å². The first kappa shape index (κ1) is 25.3. The van der Waals surface area contributed by atoms with Gasteiger partial charge >= 0.3 is 0 Å². The van der Waals surface area contributed by atoms with Crippen molar-refractivity contribution in [3.05, 3.63) is 0 Å². The summed E-state index contributed by atoms with van der Waals surface area (Å²) in [5, 5.41) is 3.32. The number of nitrogens with one attached hydrogen (secondary N) is 1. The molecule has 2 aliphatic heterocycles. The molecule has 0 amide bonds. The average Bonchev–Trinajstić information content (AvgIpc) is 3.23. The van der Waals surface area contributed by atoms with Crippen LogP contribution in [0, 0.1) is 5.92 Å². The fourth-order valence-electron chi connectivity index (χ4n) is 3.44. The van der Waals surface area contributed by atoms with Crippen molar-refractivity contribution in [2.75, 3.05) is 78.1 Å². The van der Waals surface area contributed by atoms with E-state index in [1.165, 1.54) is 0 Å². The molecule has 0 aromatic rings. The maximum absolute atomic E-state index is 12.5. The van der Waals surface area contributed by atoms with Gasteiger partial charge in [0, 0.05) is 58.4 Å². The summed E-state index contributed by atoms with van der Waals surface area (Å²) in [6.07, 6.45) is 2.00. The Morgan fingerprint density at radius 3 is 2.63 bits per heavy atom. The normalized spacial score (nSPS) is 21.5. The first-order valence-electron chi connectivity index (χ1n) is 11.2. The monoisotopic (exact) mass is 448 g/mol. The first-order chi connectivity index (χ1) is 14.4. The highest BCUT2D eigenvalue weighted by Crippen LogP contribution is 2.12. The van der Waals surface area contributed by atoms with Gasteiger partial charge in [-0.2, -0.15) is 4.31 Å². The van der Waals surface area contributed by atoms with E-state index >= 15 is 0 Å². The summed E-state index contributed by atoms with van der Waals surface area (Å²) in [6, 6.07) is 0. The Bertz CT molecular complexity index is 600. The van der Waals surface area contributed by atoms with Crippen molar-refractivity contribution in [1.82, 2.24) is 14.5 Å². The number of nitrogens with zero attached hydrogens (tertiary/aromatic N) is 3. The molecule has 2 aliphatic rings. The van der Waals surface area contributed by atoms with Crippen LogP contribution in [0.15, 0.2) is 4.99 Å². The predicted molar refractivity (Wildman–Crippen MR) is 118 cm³/mol. The van der Waals surface area contributed by atoms with Gasteiger partial charge in [0.1, 0.15) is 0 Å². The molecule has 2 saturated heterocycles. The standard InChI is InChI=1S/C20H40N4O5S/c1-4-21-20(22-7-5-12-27-16-19-6-13-28-17-19)23-8-10-24(11-9-23)30(25,26)15-14-29-18(2)3/h18-19H,4-17H2,1-3H3,(H,21,22). The van der Waals surface area contributed by atoms with Crippen LogP contribution in [0.5, 0.6) is 0 Å². The lowest BCUT2D eigenvalue weighted by Crippen LogP contribution is -2.54. The molecule has 0 spiro atoms. The van der Waals surface area contributed by atoms with Crippen LogP contribution in [-0.4, -0.2) is 108 Å². The highest BCUT2D eigenvalue weighted by Gasteiger charge is 2.28. The minimum atomic E-state index is -3.28. The Morgan fingerprint density at radius 1 is 1.23 bits per heavy atom. The number of piperazine rings is 1. The lowest BCUT2D eigenvalue weighted by atomic mass is 10.1. The first-order valence-corrected chi connectivity index (χ1v) is 12.8. The minimum absolute atomic E-state index is 0.0340. The molecular formula is C20H40N4O5S. The van der Waals surface area contributed by atoms with Crippen LogP contribution in [0.4, 0.5) is 0 Å². The minimum Gasteiger partial charge on any atom is -0.381 e. The molecule has 2 rings (SSSR count). The maximum atomic E-state index is 12.5. The van der Waals surface area contributed by atoms with Gasteiger partial charge in [0.05, 0.1) is 31.7 Å². The summed E-state index contributed by atoms with van der Waals surface area (Å²) in [5.41, 5.74) is 0. The molecule has 30 heavy (non-hydrogen) atoms. The second-order valence-electron chi connectivity index (χ2n) is 8.02. The van der Waals surface area contributed by atoms with E-state index in [-0.39, 0.29) is 18.5 Å². The van der Waals surface area contributed by atoms with Crippen molar-refractivity contribution in [3.8, 4) is 0 Å². The number of guanidine groups is 1. The third kappa shape index (κ3) is 9.05. The Kier molecular flexibility index (Phi) is 11.4. The van der Waals surface area contributed by atoms with Gasteiger partial charge in [0.2, 0.25) is 10.0 Å². The number of hydrogen-bond acceptors (Lipinski definition) is 6. The number of hydrogen-bond donors (Lipinski definition) is 1. The van der Waals surface area contributed by atoms with Crippen LogP contribution >= 0.6 is 0 Å². The Hall–Kier alpha value is -0.940. The van der Waals surface area contributed by atoms with Gasteiger partial charge in [-0.1, -0.05) is 0 Å². The quantitative estimate of drug-likeness (QED) is 0.268. The molecule has 1 N–H and O–H groups in total. The molecular weight excluding hydrogens is 408 g/mol. The molecule has 0 bridgehead atoms.